The number of nitrogens with zero attached hydrogens (tertiary/aromatic N) is 1. The minimum Gasteiger partial charge on any atom is -0.497 e. The maximum Gasteiger partial charge on any atom is 0.291 e. The number of amides is 1. The molecule has 122 valence electrons. The number of methoxy groups -OCH3 is 1. The molecule has 0 saturated carbocycles. The highest BCUT2D eigenvalue weighted by Gasteiger charge is 2.15. The normalized spacial score (nSPS) is 10.6. The van der Waals surface area contributed by atoms with Crippen molar-refractivity contribution in [2.24, 2.45) is 0 Å². The molecule has 1 heterocycles. The zero-order chi connectivity index (χ0) is 17.3. The molecule has 0 aliphatic carbocycles. The lowest BCUT2D eigenvalue weighted by atomic mass is 10.1. The number of nitrogens with one attached hydrogen (secondary N) is 1. The van der Waals surface area contributed by atoms with Crippen LogP contribution in [0.15, 0.2) is 46.9 Å². The van der Waals surface area contributed by atoms with Gasteiger partial charge in [-0.1, -0.05) is 0 Å². The Labute approximate surface area is 137 Å². The van der Waals surface area contributed by atoms with E-state index in [4.69, 9.17) is 9.15 Å². The Morgan fingerprint density at radius 2 is 2.00 bits per heavy atom. The van der Waals surface area contributed by atoms with Crippen LogP contribution in [-0.2, 0) is 0 Å². The van der Waals surface area contributed by atoms with E-state index >= 15 is 0 Å². The number of nitro benzene ring substituents is 1. The molecule has 0 unspecified atom stereocenters. The van der Waals surface area contributed by atoms with Gasteiger partial charge < -0.3 is 14.5 Å². The first-order valence-corrected chi connectivity index (χ1v) is 7.12. The zero-order valence-corrected chi connectivity index (χ0v) is 13.0. The quantitative estimate of drug-likeness (QED) is 0.579. The van der Waals surface area contributed by atoms with Crippen molar-refractivity contribution in [1.29, 1.82) is 0 Å². The zero-order valence-electron chi connectivity index (χ0n) is 13.0. The standard InChI is InChI=1S/C17H14N2O5/c1-10-7-12(19(21)22)3-5-14(10)18-17(20)16-9-11-8-13(23-2)4-6-15(11)24-16/h3-9H,1-2H3,(H,18,20). The van der Waals surface area contributed by atoms with Crippen molar-refractivity contribution >= 4 is 28.3 Å². The molecule has 0 spiro atoms. The van der Waals surface area contributed by atoms with E-state index in [0.29, 0.717) is 22.6 Å². The van der Waals surface area contributed by atoms with Crippen molar-refractivity contribution in [1.82, 2.24) is 0 Å². The third-order valence-electron chi connectivity index (χ3n) is 3.62. The van der Waals surface area contributed by atoms with Crippen LogP contribution in [0.5, 0.6) is 5.75 Å². The number of fused-ring (bicyclic) bond motifs is 1. The number of carbonyl (C=O) groups excluding carboxylic acids is 1. The van der Waals surface area contributed by atoms with E-state index < -0.39 is 10.8 Å². The number of nitro groups is 1. The van der Waals surface area contributed by atoms with Crippen LogP contribution in [-0.4, -0.2) is 17.9 Å². The third-order valence-corrected chi connectivity index (χ3v) is 3.62. The van der Waals surface area contributed by atoms with Crippen LogP contribution in [0.3, 0.4) is 0 Å². The fraction of sp³-hybridized carbons (Fsp3) is 0.118. The number of anilines is 1. The second-order valence-corrected chi connectivity index (χ2v) is 5.22. The summed E-state index contributed by atoms with van der Waals surface area (Å²) in [4.78, 5) is 22.6. The first kappa shape index (κ1) is 15.5. The van der Waals surface area contributed by atoms with E-state index in [2.05, 4.69) is 5.32 Å². The number of hydrogen-bond acceptors (Lipinski definition) is 5. The maximum atomic E-state index is 12.3. The van der Waals surface area contributed by atoms with Crippen LogP contribution >= 0.6 is 0 Å². The number of furan rings is 1. The van der Waals surface area contributed by atoms with Crippen molar-refractivity contribution in [3.05, 3.63) is 63.9 Å². The van der Waals surface area contributed by atoms with Crippen molar-refractivity contribution < 1.29 is 18.9 Å². The molecule has 7 nitrogen and oxygen atoms in total. The van der Waals surface area contributed by atoms with Gasteiger partial charge in [0.15, 0.2) is 5.76 Å². The van der Waals surface area contributed by atoms with Gasteiger partial charge in [-0.05, 0) is 42.8 Å². The lowest BCUT2D eigenvalue weighted by molar-refractivity contribution is -0.384. The van der Waals surface area contributed by atoms with Gasteiger partial charge in [-0.2, -0.15) is 0 Å². The van der Waals surface area contributed by atoms with Gasteiger partial charge in [-0.15, -0.1) is 0 Å². The lowest BCUT2D eigenvalue weighted by Crippen LogP contribution is -2.11. The number of carbonyl (C=O) groups is 1. The SMILES string of the molecule is COc1ccc2oc(C(=O)Nc3ccc([N+](=O)[O-])cc3C)cc2c1. The molecule has 24 heavy (non-hydrogen) atoms. The summed E-state index contributed by atoms with van der Waals surface area (Å²) in [7, 11) is 1.56. The molecule has 3 rings (SSSR count). The average molecular weight is 326 g/mol. The van der Waals surface area contributed by atoms with Crippen LogP contribution < -0.4 is 10.1 Å². The van der Waals surface area contributed by atoms with Gasteiger partial charge in [-0.25, -0.2) is 0 Å². The number of aryl methyl sites for hydroxylation is 1. The van der Waals surface area contributed by atoms with E-state index in [1.54, 1.807) is 38.3 Å². The Kier molecular flexibility index (Phi) is 3.91. The Morgan fingerprint density at radius 1 is 1.21 bits per heavy atom. The first-order valence-electron chi connectivity index (χ1n) is 7.12. The molecule has 0 atom stereocenters. The van der Waals surface area contributed by atoms with Gasteiger partial charge in [0, 0.05) is 23.2 Å². The Balaban J connectivity index is 1.86. The summed E-state index contributed by atoms with van der Waals surface area (Å²) in [6.45, 7) is 1.69. The van der Waals surface area contributed by atoms with E-state index in [9.17, 15) is 14.9 Å². The van der Waals surface area contributed by atoms with Crippen LogP contribution in [0.25, 0.3) is 11.0 Å². The van der Waals surface area contributed by atoms with Gasteiger partial charge in [0.1, 0.15) is 11.3 Å². The van der Waals surface area contributed by atoms with Crippen molar-refractivity contribution in [2.45, 2.75) is 6.92 Å². The summed E-state index contributed by atoms with van der Waals surface area (Å²) in [5.74, 6) is 0.389. The Bertz CT molecular complexity index is 945. The van der Waals surface area contributed by atoms with E-state index in [1.807, 2.05) is 0 Å². The highest BCUT2D eigenvalue weighted by molar-refractivity contribution is 6.05. The molecule has 1 N–H and O–H groups in total. The number of hydrogen-bond donors (Lipinski definition) is 1. The van der Waals surface area contributed by atoms with Crippen LogP contribution in [0.2, 0.25) is 0 Å². The Hall–Kier alpha value is -3.35. The summed E-state index contributed by atoms with van der Waals surface area (Å²) in [6.07, 6.45) is 0. The minimum atomic E-state index is -0.481. The third kappa shape index (κ3) is 2.91. The van der Waals surface area contributed by atoms with Crippen LogP contribution in [0.1, 0.15) is 16.1 Å². The molecule has 0 fully saturated rings. The van der Waals surface area contributed by atoms with Crippen LogP contribution in [0.4, 0.5) is 11.4 Å². The number of benzene rings is 2. The fourth-order valence-electron chi connectivity index (χ4n) is 2.35. The molecule has 2 aromatic carbocycles. The lowest BCUT2D eigenvalue weighted by Gasteiger charge is -2.06. The van der Waals surface area contributed by atoms with Crippen molar-refractivity contribution in [3.8, 4) is 5.75 Å². The largest absolute Gasteiger partial charge is 0.497 e. The fourth-order valence-corrected chi connectivity index (χ4v) is 2.35. The summed E-state index contributed by atoms with van der Waals surface area (Å²) >= 11 is 0. The molecular formula is C17H14N2O5. The van der Waals surface area contributed by atoms with Gasteiger partial charge >= 0.3 is 0 Å². The second-order valence-electron chi connectivity index (χ2n) is 5.22. The molecule has 1 aromatic heterocycles. The summed E-state index contributed by atoms with van der Waals surface area (Å²) in [6, 6.07) is 11.1. The molecule has 0 radical (unpaired) electrons. The number of ether oxygens (including phenoxy) is 1. The highest BCUT2D eigenvalue weighted by Crippen LogP contribution is 2.26. The van der Waals surface area contributed by atoms with Gasteiger partial charge in [-0.3, -0.25) is 14.9 Å². The summed E-state index contributed by atoms with van der Waals surface area (Å²) in [5, 5.41) is 14.2. The predicted molar refractivity (Wildman–Crippen MR) is 88.6 cm³/mol. The first-order chi connectivity index (χ1) is 11.5. The second kappa shape index (κ2) is 6.04. The molecule has 0 aliphatic heterocycles. The molecule has 0 aliphatic rings. The summed E-state index contributed by atoms with van der Waals surface area (Å²) in [5.41, 5.74) is 1.63. The van der Waals surface area contributed by atoms with Gasteiger partial charge in [0.25, 0.3) is 11.6 Å². The van der Waals surface area contributed by atoms with Crippen molar-refractivity contribution in [3.63, 3.8) is 0 Å². The van der Waals surface area contributed by atoms with Gasteiger partial charge in [0.2, 0.25) is 0 Å². The molecule has 7 heteroatoms. The van der Waals surface area contributed by atoms with E-state index in [1.165, 1.54) is 18.2 Å². The number of non-ortho nitro benzene ring substituents is 1. The summed E-state index contributed by atoms with van der Waals surface area (Å²) < 4.78 is 10.7. The van der Waals surface area contributed by atoms with E-state index in [-0.39, 0.29) is 11.4 Å². The average Bonchev–Trinajstić information content (AvgIpc) is 2.99. The maximum absolute atomic E-state index is 12.3. The molecule has 0 saturated heterocycles. The highest BCUT2D eigenvalue weighted by atomic mass is 16.6. The van der Waals surface area contributed by atoms with E-state index in [0.717, 1.165) is 5.39 Å². The molecule has 1 amide bonds. The smallest absolute Gasteiger partial charge is 0.291 e. The Morgan fingerprint density at radius 3 is 2.67 bits per heavy atom. The molecule has 0 bridgehead atoms. The number of rotatable bonds is 4. The molecular weight excluding hydrogens is 312 g/mol. The monoisotopic (exact) mass is 326 g/mol. The van der Waals surface area contributed by atoms with Crippen molar-refractivity contribution in [2.75, 3.05) is 12.4 Å². The van der Waals surface area contributed by atoms with Crippen LogP contribution in [0, 0.1) is 17.0 Å². The molecule has 3 aromatic rings. The topological polar surface area (TPSA) is 94.6 Å². The predicted octanol–water partition coefficient (Wildman–Crippen LogP) is 3.91. The minimum absolute atomic E-state index is 0.0265. The van der Waals surface area contributed by atoms with Gasteiger partial charge in [0.05, 0.1) is 12.0 Å².